The summed E-state index contributed by atoms with van der Waals surface area (Å²) in [5.74, 6) is 0.911. The highest BCUT2D eigenvalue weighted by Crippen LogP contribution is 2.43. The maximum absolute atomic E-state index is 10.9. The molecule has 2 heteroatoms. The summed E-state index contributed by atoms with van der Waals surface area (Å²) in [6.07, 6.45) is 0. The Bertz CT molecular complexity index is 907. The fraction of sp³-hybridized carbons (Fsp3) is 0.304. The number of aliphatic hydroxyl groups excluding tert-OH is 1. The lowest BCUT2D eigenvalue weighted by atomic mass is 9.84. The highest BCUT2D eigenvalue weighted by molar-refractivity contribution is 6.00. The Hall–Kier alpha value is -2.32. The predicted octanol–water partition coefficient (Wildman–Crippen LogP) is 5.95. The van der Waals surface area contributed by atoms with Crippen LogP contribution in [0.2, 0.25) is 0 Å². The average Bonchev–Trinajstić information content (AvgIpc) is 2.60. The van der Waals surface area contributed by atoms with Gasteiger partial charge in [0.25, 0.3) is 0 Å². The van der Waals surface area contributed by atoms with Crippen LogP contribution in [0.25, 0.3) is 21.9 Å². The molecule has 0 aliphatic carbocycles. The van der Waals surface area contributed by atoms with Gasteiger partial charge in [0.05, 0.1) is 6.61 Å². The van der Waals surface area contributed by atoms with Crippen molar-refractivity contribution in [1.82, 2.24) is 0 Å². The van der Waals surface area contributed by atoms with Crippen LogP contribution in [-0.2, 0) is 6.61 Å². The van der Waals surface area contributed by atoms with Crippen LogP contribution in [0.15, 0.2) is 48.5 Å². The summed E-state index contributed by atoms with van der Waals surface area (Å²) in [7, 11) is 0. The van der Waals surface area contributed by atoms with Gasteiger partial charge in [-0.15, -0.1) is 0 Å². The second kappa shape index (κ2) is 6.89. The van der Waals surface area contributed by atoms with Crippen LogP contribution in [0.1, 0.15) is 56.2 Å². The summed E-state index contributed by atoms with van der Waals surface area (Å²) >= 11 is 0. The van der Waals surface area contributed by atoms with Crippen molar-refractivity contribution < 1.29 is 10.2 Å². The smallest absolute Gasteiger partial charge is 0.124 e. The second-order valence-electron chi connectivity index (χ2n) is 7.29. The van der Waals surface area contributed by atoms with E-state index in [1.165, 1.54) is 0 Å². The topological polar surface area (TPSA) is 40.5 Å². The number of phenolic OH excluding ortho intramolecular Hbond substituents is 1. The Kier molecular flexibility index (Phi) is 4.82. The number of fused-ring (bicyclic) bond motifs is 1. The van der Waals surface area contributed by atoms with Crippen LogP contribution in [-0.4, -0.2) is 10.2 Å². The van der Waals surface area contributed by atoms with Gasteiger partial charge in [-0.25, -0.2) is 0 Å². The molecule has 0 heterocycles. The van der Waals surface area contributed by atoms with Crippen LogP contribution in [0.3, 0.4) is 0 Å². The maximum atomic E-state index is 10.9. The van der Waals surface area contributed by atoms with E-state index in [0.29, 0.717) is 11.7 Å². The first-order chi connectivity index (χ1) is 11.9. The zero-order valence-corrected chi connectivity index (χ0v) is 15.4. The maximum Gasteiger partial charge on any atom is 0.124 e. The first-order valence-electron chi connectivity index (χ1n) is 8.92. The summed E-state index contributed by atoms with van der Waals surface area (Å²) in [5.41, 5.74) is 4.89. The standard InChI is InChI=1S/C23H26O2/c1-14(2)18-11-20(15(3)4)23(21(25)12-18)22-17(13-24)10-9-16-7-5-6-8-19(16)22/h5-12,14-15,24-25H,13H2,1-4H3. The predicted molar refractivity (Wildman–Crippen MR) is 105 cm³/mol. The quantitative estimate of drug-likeness (QED) is 0.619. The summed E-state index contributed by atoms with van der Waals surface area (Å²) in [5, 5.41) is 23.0. The molecule has 0 spiro atoms. The van der Waals surface area contributed by atoms with Gasteiger partial charge in [-0.3, -0.25) is 0 Å². The first kappa shape index (κ1) is 17.5. The number of hydrogen-bond acceptors (Lipinski definition) is 2. The molecule has 0 radical (unpaired) electrons. The van der Waals surface area contributed by atoms with Gasteiger partial charge in [0.15, 0.2) is 0 Å². The van der Waals surface area contributed by atoms with E-state index in [2.05, 4.69) is 45.9 Å². The highest BCUT2D eigenvalue weighted by atomic mass is 16.3. The minimum absolute atomic E-state index is 0.0525. The summed E-state index contributed by atoms with van der Waals surface area (Å²) < 4.78 is 0. The number of phenols is 1. The molecule has 0 amide bonds. The molecule has 0 bridgehead atoms. The van der Waals surface area contributed by atoms with Gasteiger partial charge in [0.1, 0.15) is 5.75 Å². The monoisotopic (exact) mass is 334 g/mol. The molecular formula is C23H26O2. The lowest BCUT2D eigenvalue weighted by molar-refractivity contribution is 0.282. The van der Waals surface area contributed by atoms with E-state index in [-0.39, 0.29) is 12.5 Å². The number of benzene rings is 3. The van der Waals surface area contributed by atoms with Gasteiger partial charge in [-0.05, 0) is 50.9 Å². The Morgan fingerprint density at radius 1 is 0.840 bits per heavy atom. The summed E-state index contributed by atoms with van der Waals surface area (Å²) in [6.45, 7) is 8.51. The summed E-state index contributed by atoms with van der Waals surface area (Å²) in [4.78, 5) is 0. The van der Waals surface area contributed by atoms with Crippen LogP contribution in [0.5, 0.6) is 5.75 Å². The van der Waals surface area contributed by atoms with E-state index >= 15 is 0 Å². The van der Waals surface area contributed by atoms with Crippen LogP contribution >= 0.6 is 0 Å². The molecule has 0 aliphatic rings. The normalized spacial score (nSPS) is 11.6. The third-order valence-electron chi connectivity index (χ3n) is 4.89. The zero-order valence-electron chi connectivity index (χ0n) is 15.4. The molecule has 0 fully saturated rings. The Morgan fingerprint density at radius 2 is 1.56 bits per heavy atom. The average molecular weight is 334 g/mol. The fourth-order valence-corrected chi connectivity index (χ4v) is 3.48. The van der Waals surface area contributed by atoms with E-state index in [9.17, 15) is 10.2 Å². The third kappa shape index (κ3) is 3.14. The van der Waals surface area contributed by atoms with E-state index < -0.39 is 0 Å². The Balaban J connectivity index is 2.42. The SMILES string of the molecule is CC(C)c1cc(O)c(-c2c(CO)ccc3ccccc23)c(C(C)C)c1. The van der Waals surface area contributed by atoms with E-state index in [4.69, 9.17) is 0 Å². The summed E-state index contributed by atoms with van der Waals surface area (Å²) in [6, 6.07) is 16.2. The zero-order chi connectivity index (χ0) is 18.1. The van der Waals surface area contributed by atoms with Gasteiger partial charge < -0.3 is 10.2 Å². The van der Waals surface area contributed by atoms with Gasteiger partial charge >= 0.3 is 0 Å². The number of rotatable bonds is 4. The molecule has 0 aromatic heterocycles. The Morgan fingerprint density at radius 3 is 2.20 bits per heavy atom. The lowest BCUT2D eigenvalue weighted by Crippen LogP contribution is -2.00. The van der Waals surface area contributed by atoms with Gasteiger partial charge in [0.2, 0.25) is 0 Å². The minimum Gasteiger partial charge on any atom is -0.507 e. The first-order valence-corrected chi connectivity index (χ1v) is 8.92. The van der Waals surface area contributed by atoms with Crippen molar-refractivity contribution in [2.45, 2.75) is 46.1 Å². The van der Waals surface area contributed by atoms with Crippen molar-refractivity contribution in [3.05, 3.63) is 65.2 Å². The van der Waals surface area contributed by atoms with Crippen molar-refractivity contribution in [3.63, 3.8) is 0 Å². The molecule has 0 saturated heterocycles. The van der Waals surface area contributed by atoms with Crippen LogP contribution < -0.4 is 0 Å². The molecule has 2 N–H and O–H groups in total. The molecule has 0 aliphatic heterocycles. The van der Waals surface area contributed by atoms with E-state index in [1.807, 2.05) is 30.3 Å². The number of aromatic hydroxyl groups is 1. The Labute approximate surface area is 149 Å². The molecule has 3 aromatic carbocycles. The van der Waals surface area contributed by atoms with Crippen LogP contribution in [0.4, 0.5) is 0 Å². The van der Waals surface area contributed by atoms with Crippen molar-refractivity contribution >= 4 is 10.8 Å². The lowest BCUT2D eigenvalue weighted by Gasteiger charge is -2.21. The largest absolute Gasteiger partial charge is 0.507 e. The molecule has 25 heavy (non-hydrogen) atoms. The van der Waals surface area contributed by atoms with Crippen molar-refractivity contribution in [2.24, 2.45) is 0 Å². The molecule has 130 valence electrons. The van der Waals surface area contributed by atoms with Crippen molar-refractivity contribution in [2.75, 3.05) is 0 Å². The molecular weight excluding hydrogens is 308 g/mol. The minimum atomic E-state index is -0.0525. The second-order valence-corrected chi connectivity index (χ2v) is 7.29. The van der Waals surface area contributed by atoms with E-state index in [1.54, 1.807) is 0 Å². The molecule has 0 unspecified atom stereocenters. The van der Waals surface area contributed by atoms with E-state index in [0.717, 1.165) is 38.6 Å². The van der Waals surface area contributed by atoms with Gasteiger partial charge in [-0.1, -0.05) is 70.2 Å². The van der Waals surface area contributed by atoms with Crippen LogP contribution in [0, 0.1) is 0 Å². The molecule has 2 nitrogen and oxygen atoms in total. The highest BCUT2D eigenvalue weighted by Gasteiger charge is 2.20. The number of hydrogen-bond donors (Lipinski definition) is 2. The number of aliphatic hydroxyl groups is 1. The molecule has 0 atom stereocenters. The third-order valence-corrected chi connectivity index (χ3v) is 4.89. The van der Waals surface area contributed by atoms with Crippen molar-refractivity contribution in [3.8, 4) is 16.9 Å². The molecule has 3 rings (SSSR count). The van der Waals surface area contributed by atoms with Crippen molar-refractivity contribution in [1.29, 1.82) is 0 Å². The van der Waals surface area contributed by atoms with Gasteiger partial charge in [0, 0.05) is 5.56 Å². The fourth-order valence-electron chi connectivity index (χ4n) is 3.48. The van der Waals surface area contributed by atoms with Gasteiger partial charge in [-0.2, -0.15) is 0 Å². The molecule has 3 aromatic rings. The molecule has 0 saturated carbocycles.